The Morgan fingerprint density at radius 2 is 1.96 bits per heavy atom. The van der Waals surface area contributed by atoms with Gasteiger partial charge < -0.3 is 25.4 Å². The largest absolute Gasteiger partial charge is 0.493 e. The molecule has 0 spiro atoms. The fourth-order valence-electron chi connectivity index (χ4n) is 2.59. The van der Waals surface area contributed by atoms with E-state index in [9.17, 15) is 4.79 Å². The Hall–Kier alpha value is -2.44. The van der Waals surface area contributed by atoms with Gasteiger partial charge in [0.2, 0.25) is 5.91 Å². The van der Waals surface area contributed by atoms with Crippen LogP contribution >= 0.6 is 0 Å². The van der Waals surface area contributed by atoms with Crippen molar-refractivity contribution < 1.29 is 14.3 Å². The number of guanidine groups is 1. The van der Waals surface area contributed by atoms with Gasteiger partial charge in [-0.25, -0.2) is 0 Å². The van der Waals surface area contributed by atoms with Crippen LogP contribution in [0.2, 0.25) is 0 Å². The second-order valence-corrected chi connectivity index (χ2v) is 6.84. The summed E-state index contributed by atoms with van der Waals surface area (Å²) in [5.41, 5.74) is 0.690. The van der Waals surface area contributed by atoms with E-state index >= 15 is 0 Å². The molecule has 7 nitrogen and oxygen atoms in total. The lowest BCUT2D eigenvalue weighted by Crippen LogP contribution is -2.47. The summed E-state index contributed by atoms with van der Waals surface area (Å²) < 4.78 is 10.9. The molecule has 1 aromatic rings. The van der Waals surface area contributed by atoms with Crippen molar-refractivity contribution in [2.75, 3.05) is 40.9 Å². The maximum Gasteiger partial charge on any atom is 0.227 e. The van der Waals surface area contributed by atoms with Crippen LogP contribution in [0.4, 0.5) is 0 Å². The summed E-state index contributed by atoms with van der Waals surface area (Å²) in [4.78, 5) is 16.0. The lowest BCUT2D eigenvalue weighted by atomic mass is 9.92. The zero-order valence-corrected chi connectivity index (χ0v) is 17.4. The first-order valence-electron chi connectivity index (χ1n) is 9.34. The van der Waals surface area contributed by atoms with Gasteiger partial charge in [-0.05, 0) is 51.3 Å². The molecule has 0 radical (unpaired) electrons. The molecule has 0 saturated carbocycles. The summed E-state index contributed by atoms with van der Waals surface area (Å²) in [5.74, 6) is 2.22. The summed E-state index contributed by atoms with van der Waals surface area (Å²) >= 11 is 0. The highest BCUT2D eigenvalue weighted by Gasteiger charge is 2.26. The number of hydrogen-bond acceptors (Lipinski definition) is 4. The molecule has 0 heterocycles. The number of carbonyl (C=O) groups excluding carboxylic acids is 1. The lowest BCUT2D eigenvalue weighted by molar-refractivity contribution is -0.128. The Morgan fingerprint density at radius 3 is 2.56 bits per heavy atom. The average molecular weight is 379 g/mol. The number of nitrogens with one attached hydrogen (secondary N) is 3. The van der Waals surface area contributed by atoms with E-state index in [0.29, 0.717) is 19.1 Å². The quantitative estimate of drug-likeness (QED) is 0.329. The fraction of sp³-hybridized carbons (Fsp3) is 0.600. The third-order valence-corrected chi connectivity index (χ3v) is 4.23. The number of ether oxygens (including phenoxy) is 2. The van der Waals surface area contributed by atoms with Crippen LogP contribution in [0.25, 0.3) is 0 Å². The number of amides is 1. The van der Waals surface area contributed by atoms with Gasteiger partial charge in [0.25, 0.3) is 0 Å². The molecule has 1 aromatic carbocycles. The number of aryl methyl sites for hydroxylation is 1. The van der Waals surface area contributed by atoms with Crippen LogP contribution in [0.5, 0.6) is 11.5 Å². The predicted octanol–water partition coefficient (Wildman–Crippen LogP) is 1.96. The maximum atomic E-state index is 11.8. The van der Waals surface area contributed by atoms with Crippen LogP contribution in [0.3, 0.4) is 0 Å². The first kappa shape index (κ1) is 22.6. The van der Waals surface area contributed by atoms with Gasteiger partial charge in [-0.2, -0.15) is 0 Å². The van der Waals surface area contributed by atoms with Crippen LogP contribution in [-0.4, -0.2) is 52.8 Å². The molecule has 0 bridgehead atoms. The molecule has 1 amide bonds. The highest BCUT2D eigenvalue weighted by atomic mass is 16.5. The molecule has 0 unspecified atom stereocenters. The van der Waals surface area contributed by atoms with Crippen molar-refractivity contribution in [1.82, 2.24) is 16.0 Å². The van der Waals surface area contributed by atoms with Crippen LogP contribution in [0.15, 0.2) is 23.2 Å². The molecule has 0 fully saturated rings. The van der Waals surface area contributed by atoms with E-state index in [2.05, 4.69) is 27.0 Å². The summed E-state index contributed by atoms with van der Waals surface area (Å²) in [6.07, 6.45) is 1.86. The number of methoxy groups -OCH3 is 1. The van der Waals surface area contributed by atoms with Crippen molar-refractivity contribution in [2.24, 2.45) is 10.4 Å². The summed E-state index contributed by atoms with van der Waals surface area (Å²) in [7, 11) is 5.01. The second-order valence-electron chi connectivity index (χ2n) is 6.84. The summed E-state index contributed by atoms with van der Waals surface area (Å²) in [5, 5.41) is 9.17. The molecule has 0 aliphatic heterocycles. The number of benzene rings is 1. The SMILES string of the molecule is CCOc1cc(CCCNC(=NC)NCC(C)(C)C(=O)NC)ccc1OC. The van der Waals surface area contributed by atoms with Crippen LogP contribution in [-0.2, 0) is 11.2 Å². The fourth-order valence-corrected chi connectivity index (χ4v) is 2.59. The first-order chi connectivity index (χ1) is 12.9. The summed E-state index contributed by atoms with van der Waals surface area (Å²) in [6, 6.07) is 6.02. The molecule has 1 rings (SSSR count). The van der Waals surface area contributed by atoms with Crippen molar-refractivity contribution in [2.45, 2.75) is 33.6 Å². The monoisotopic (exact) mass is 378 g/mol. The van der Waals surface area contributed by atoms with Crippen molar-refractivity contribution >= 4 is 11.9 Å². The number of nitrogens with zero attached hydrogens (tertiary/aromatic N) is 1. The highest BCUT2D eigenvalue weighted by Crippen LogP contribution is 2.28. The van der Waals surface area contributed by atoms with Crippen LogP contribution < -0.4 is 25.4 Å². The molecule has 0 aliphatic rings. The number of rotatable bonds is 10. The Kier molecular flexibility index (Phi) is 9.47. The van der Waals surface area contributed by atoms with Gasteiger partial charge in [-0.3, -0.25) is 9.79 Å². The first-order valence-corrected chi connectivity index (χ1v) is 9.34. The minimum atomic E-state index is -0.509. The number of hydrogen-bond donors (Lipinski definition) is 3. The Balaban J connectivity index is 2.46. The third-order valence-electron chi connectivity index (χ3n) is 4.23. The van der Waals surface area contributed by atoms with Crippen molar-refractivity contribution in [1.29, 1.82) is 0 Å². The van der Waals surface area contributed by atoms with E-state index < -0.39 is 5.41 Å². The Labute approximate surface area is 162 Å². The Morgan fingerprint density at radius 1 is 1.22 bits per heavy atom. The number of carbonyl (C=O) groups is 1. The van der Waals surface area contributed by atoms with Gasteiger partial charge in [0.15, 0.2) is 17.5 Å². The molecule has 27 heavy (non-hydrogen) atoms. The molecule has 152 valence electrons. The van der Waals surface area contributed by atoms with Gasteiger partial charge in [0, 0.05) is 27.2 Å². The van der Waals surface area contributed by atoms with Crippen LogP contribution in [0.1, 0.15) is 32.8 Å². The molecule has 0 aliphatic carbocycles. The van der Waals surface area contributed by atoms with E-state index in [0.717, 1.165) is 30.9 Å². The van der Waals surface area contributed by atoms with Gasteiger partial charge >= 0.3 is 0 Å². The van der Waals surface area contributed by atoms with Crippen LogP contribution in [0, 0.1) is 5.41 Å². The maximum absolute atomic E-state index is 11.8. The van der Waals surface area contributed by atoms with E-state index in [1.165, 1.54) is 5.56 Å². The normalized spacial score (nSPS) is 11.7. The molecular formula is C20H34N4O3. The van der Waals surface area contributed by atoms with E-state index in [4.69, 9.17) is 9.47 Å². The number of aliphatic imine (C=N–C) groups is 1. The molecular weight excluding hydrogens is 344 g/mol. The lowest BCUT2D eigenvalue weighted by Gasteiger charge is -2.24. The topological polar surface area (TPSA) is 84.0 Å². The van der Waals surface area contributed by atoms with Crippen molar-refractivity contribution in [3.63, 3.8) is 0 Å². The minimum Gasteiger partial charge on any atom is -0.493 e. The highest BCUT2D eigenvalue weighted by molar-refractivity contribution is 5.84. The predicted molar refractivity (Wildman–Crippen MR) is 110 cm³/mol. The van der Waals surface area contributed by atoms with Crippen molar-refractivity contribution in [3.8, 4) is 11.5 Å². The van der Waals surface area contributed by atoms with Gasteiger partial charge in [-0.15, -0.1) is 0 Å². The van der Waals surface area contributed by atoms with Crippen molar-refractivity contribution in [3.05, 3.63) is 23.8 Å². The van der Waals surface area contributed by atoms with Gasteiger partial charge in [0.05, 0.1) is 19.1 Å². The zero-order valence-electron chi connectivity index (χ0n) is 17.4. The van der Waals surface area contributed by atoms with Gasteiger partial charge in [-0.1, -0.05) is 6.07 Å². The average Bonchev–Trinajstić information content (AvgIpc) is 2.67. The minimum absolute atomic E-state index is 0.00457. The molecule has 3 N–H and O–H groups in total. The zero-order chi connectivity index (χ0) is 20.3. The molecule has 0 aromatic heterocycles. The van der Waals surface area contributed by atoms with E-state index in [1.807, 2.05) is 32.9 Å². The van der Waals surface area contributed by atoms with E-state index in [-0.39, 0.29) is 5.91 Å². The second kappa shape index (κ2) is 11.3. The smallest absolute Gasteiger partial charge is 0.227 e. The molecule has 0 saturated heterocycles. The standard InChI is InChI=1S/C20H34N4O3/c1-7-27-17-13-15(10-11-16(17)26-6)9-8-12-23-19(22-5)24-14-20(2,3)18(25)21-4/h10-11,13H,7-9,12,14H2,1-6H3,(H,21,25)(H2,22,23,24). The Bertz CT molecular complexity index is 630. The van der Waals surface area contributed by atoms with E-state index in [1.54, 1.807) is 21.2 Å². The summed E-state index contributed by atoms with van der Waals surface area (Å²) in [6.45, 7) is 7.63. The molecule has 7 heteroatoms. The third kappa shape index (κ3) is 7.37. The molecule has 0 atom stereocenters. The van der Waals surface area contributed by atoms with Gasteiger partial charge in [0.1, 0.15) is 0 Å².